The Hall–Kier alpha value is -3.95. The van der Waals surface area contributed by atoms with E-state index in [9.17, 15) is 19.3 Å². The Morgan fingerprint density at radius 3 is 2.57 bits per heavy atom. The van der Waals surface area contributed by atoms with E-state index in [1.54, 1.807) is 13.8 Å². The summed E-state index contributed by atoms with van der Waals surface area (Å²) >= 11 is 0. The molecule has 0 amide bonds. The van der Waals surface area contributed by atoms with E-state index in [-0.39, 0.29) is 17.9 Å². The normalized spacial score (nSPS) is 10.5. The minimum Gasteiger partial charge on any atom is -0.493 e. The lowest BCUT2D eigenvalue weighted by Crippen LogP contribution is -2.10. The second-order valence-electron chi connectivity index (χ2n) is 6.22. The number of aryl methyl sites for hydroxylation is 2. The first-order valence-electron chi connectivity index (χ1n) is 8.69. The molecule has 1 heterocycles. The number of rotatable bonds is 7. The van der Waals surface area contributed by atoms with E-state index in [0.29, 0.717) is 17.2 Å². The third-order valence-corrected chi connectivity index (χ3v) is 4.27. The van der Waals surface area contributed by atoms with Crippen LogP contribution in [0.4, 0.5) is 10.1 Å². The van der Waals surface area contributed by atoms with Crippen LogP contribution in [0.15, 0.2) is 40.9 Å². The number of halogens is 1. The van der Waals surface area contributed by atoms with Gasteiger partial charge < -0.3 is 18.7 Å². The van der Waals surface area contributed by atoms with E-state index in [4.69, 9.17) is 18.7 Å². The molecular weight excluding hydrogens is 399 g/mol. The van der Waals surface area contributed by atoms with Gasteiger partial charge >= 0.3 is 11.7 Å². The van der Waals surface area contributed by atoms with Crippen molar-refractivity contribution >= 4 is 11.7 Å². The molecule has 9 nitrogen and oxygen atoms in total. The van der Waals surface area contributed by atoms with Crippen LogP contribution < -0.4 is 14.2 Å². The number of methoxy groups -OCH3 is 1. The van der Waals surface area contributed by atoms with E-state index in [1.807, 2.05) is 0 Å². The number of nitro groups is 1. The van der Waals surface area contributed by atoms with Gasteiger partial charge in [0.2, 0.25) is 5.75 Å². The third kappa shape index (κ3) is 4.37. The summed E-state index contributed by atoms with van der Waals surface area (Å²) in [4.78, 5) is 22.7. The first kappa shape index (κ1) is 20.8. The number of esters is 1. The summed E-state index contributed by atoms with van der Waals surface area (Å²) in [6.07, 6.45) is 0. The molecule has 156 valence electrons. The molecule has 1 aromatic heterocycles. The van der Waals surface area contributed by atoms with Crippen LogP contribution in [-0.4, -0.2) is 23.2 Å². The van der Waals surface area contributed by atoms with E-state index in [2.05, 4.69) is 5.16 Å². The highest BCUT2D eigenvalue weighted by Crippen LogP contribution is 2.32. The van der Waals surface area contributed by atoms with Crippen molar-refractivity contribution in [3.05, 3.63) is 74.9 Å². The van der Waals surface area contributed by atoms with Crippen LogP contribution in [0.1, 0.15) is 27.4 Å². The number of carbonyl (C=O) groups is 1. The van der Waals surface area contributed by atoms with Crippen molar-refractivity contribution in [1.29, 1.82) is 0 Å². The van der Waals surface area contributed by atoms with Gasteiger partial charge in [-0.05, 0) is 38.1 Å². The van der Waals surface area contributed by atoms with Gasteiger partial charge in [0.05, 0.1) is 28.9 Å². The fourth-order valence-electron chi connectivity index (χ4n) is 2.65. The van der Waals surface area contributed by atoms with Gasteiger partial charge in [0.25, 0.3) is 0 Å². The van der Waals surface area contributed by atoms with Gasteiger partial charge in [-0.25, -0.2) is 9.18 Å². The quantitative estimate of drug-likeness (QED) is 0.244. The molecule has 0 atom stereocenters. The van der Waals surface area contributed by atoms with Crippen molar-refractivity contribution in [3.63, 3.8) is 0 Å². The Balaban J connectivity index is 1.80. The van der Waals surface area contributed by atoms with Gasteiger partial charge in [-0.1, -0.05) is 5.16 Å². The second kappa shape index (κ2) is 8.60. The highest BCUT2D eigenvalue weighted by Gasteiger charge is 2.21. The number of aromatic nitrogens is 1. The molecule has 0 aliphatic heterocycles. The Morgan fingerprint density at radius 2 is 1.93 bits per heavy atom. The molecule has 0 radical (unpaired) electrons. The van der Waals surface area contributed by atoms with Crippen LogP contribution in [0.3, 0.4) is 0 Å². The molecule has 0 saturated heterocycles. The highest BCUT2D eigenvalue weighted by atomic mass is 19.1. The standard InChI is InChI=1S/C20H17FN2O7/c1-11-15(12(2)30-22-11)10-28-17-7-4-13(8-19(17)27-3)20(24)29-18-9-14(21)5-6-16(18)23(25)26/h4-9H,10H2,1-3H3. The number of nitro benzene ring substituents is 1. The van der Waals surface area contributed by atoms with Crippen LogP contribution in [0.2, 0.25) is 0 Å². The van der Waals surface area contributed by atoms with E-state index in [1.165, 1.54) is 25.3 Å². The summed E-state index contributed by atoms with van der Waals surface area (Å²) in [5, 5.41) is 14.9. The summed E-state index contributed by atoms with van der Waals surface area (Å²) in [5.41, 5.74) is 0.994. The molecule has 0 aliphatic carbocycles. The molecule has 0 aliphatic rings. The van der Waals surface area contributed by atoms with Crippen molar-refractivity contribution in [3.8, 4) is 17.2 Å². The molecule has 0 fully saturated rings. The maximum Gasteiger partial charge on any atom is 0.343 e. The second-order valence-corrected chi connectivity index (χ2v) is 6.22. The summed E-state index contributed by atoms with van der Waals surface area (Å²) in [7, 11) is 1.39. The Morgan fingerprint density at radius 1 is 1.17 bits per heavy atom. The summed E-state index contributed by atoms with van der Waals surface area (Å²) < 4.78 is 34.5. The molecule has 0 unspecified atom stereocenters. The van der Waals surface area contributed by atoms with Crippen LogP contribution >= 0.6 is 0 Å². The largest absolute Gasteiger partial charge is 0.493 e. The monoisotopic (exact) mass is 416 g/mol. The van der Waals surface area contributed by atoms with Gasteiger partial charge in [0.1, 0.15) is 18.2 Å². The van der Waals surface area contributed by atoms with Crippen molar-refractivity contribution in [1.82, 2.24) is 5.16 Å². The third-order valence-electron chi connectivity index (χ3n) is 4.27. The molecule has 30 heavy (non-hydrogen) atoms. The predicted molar refractivity (Wildman–Crippen MR) is 101 cm³/mol. The van der Waals surface area contributed by atoms with Crippen LogP contribution in [0.5, 0.6) is 17.2 Å². The summed E-state index contributed by atoms with van der Waals surface area (Å²) in [5.74, 6) is -0.967. The van der Waals surface area contributed by atoms with Gasteiger partial charge in [-0.15, -0.1) is 0 Å². The molecule has 3 rings (SSSR count). The molecular formula is C20H17FN2O7. The fourth-order valence-corrected chi connectivity index (χ4v) is 2.65. The number of carbonyl (C=O) groups excluding carboxylic acids is 1. The number of ether oxygens (including phenoxy) is 3. The fraction of sp³-hybridized carbons (Fsp3) is 0.200. The van der Waals surface area contributed by atoms with Crippen molar-refractivity contribution in [2.24, 2.45) is 0 Å². The smallest absolute Gasteiger partial charge is 0.343 e. The summed E-state index contributed by atoms with van der Waals surface area (Å²) in [6.45, 7) is 3.73. The van der Waals surface area contributed by atoms with Crippen molar-refractivity contribution in [2.75, 3.05) is 7.11 Å². The molecule has 0 spiro atoms. The Bertz CT molecular complexity index is 1090. The van der Waals surface area contributed by atoms with E-state index in [0.717, 1.165) is 23.8 Å². The lowest BCUT2D eigenvalue weighted by Gasteiger charge is -2.12. The minimum absolute atomic E-state index is 0.0371. The number of hydrogen-bond donors (Lipinski definition) is 0. The number of benzene rings is 2. The van der Waals surface area contributed by atoms with E-state index < -0.39 is 28.1 Å². The number of nitrogens with zero attached hydrogens (tertiary/aromatic N) is 2. The first-order valence-corrected chi connectivity index (χ1v) is 8.69. The highest BCUT2D eigenvalue weighted by molar-refractivity contribution is 5.92. The van der Waals surface area contributed by atoms with Gasteiger partial charge in [0, 0.05) is 12.1 Å². The lowest BCUT2D eigenvalue weighted by molar-refractivity contribution is -0.385. The zero-order chi connectivity index (χ0) is 21.8. The molecule has 10 heteroatoms. The molecule has 3 aromatic rings. The minimum atomic E-state index is -0.917. The maximum absolute atomic E-state index is 13.4. The lowest BCUT2D eigenvalue weighted by atomic mass is 10.2. The zero-order valence-corrected chi connectivity index (χ0v) is 16.3. The van der Waals surface area contributed by atoms with Crippen LogP contribution in [0, 0.1) is 29.8 Å². The molecule has 0 bridgehead atoms. The van der Waals surface area contributed by atoms with Crippen molar-refractivity contribution in [2.45, 2.75) is 20.5 Å². The molecule has 0 saturated carbocycles. The van der Waals surface area contributed by atoms with Crippen molar-refractivity contribution < 1.29 is 32.8 Å². The van der Waals surface area contributed by atoms with Crippen LogP contribution in [-0.2, 0) is 6.61 Å². The molecule has 2 aromatic carbocycles. The topological polar surface area (TPSA) is 114 Å². The average molecular weight is 416 g/mol. The average Bonchev–Trinajstić information content (AvgIpc) is 3.03. The zero-order valence-electron chi connectivity index (χ0n) is 16.3. The van der Waals surface area contributed by atoms with Gasteiger partial charge in [-0.2, -0.15) is 0 Å². The predicted octanol–water partition coefficient (Wildman–Crippen LogP) is 4.15. The first-order chi connectivity index (χ1) is 14.3. The number of hydrogen-bond acceptors (Lipinski definition) is 8. The van der Waals surface area contributed by atoms with E-state index >= 15 is 0 Å². The Labute approximate surface area is 170 Å². The molecule has 0 N–H and O–H groups in total. The Kier molecular flexibility index (Phi) is 5.95. The SMILES string of the molecule is COc1cc(C(=O)Oc2cc(F)ccc2[N+](=O)[O-])ccc1OCc1c(C)noc1C. The van der Waals surface area contributed by atoms with Gasteiger partial charge in [-0.3, -0.25) is 10.1 Å². The van der Waals surface area contributed by atoms with Crippen LogP contribution in [0.25, 0.3) is 0 Å². The van der Waals surface area contributed by atoms with Gasteiger partial charge in [0.15, 0.2) is 11.5 Å². The maximum atomic E-state index is 13.4. The summed E-state index contributed by atoms with van der Waals surface area (Å²) in [6, 6.07) is 6.85.